The SMILES string of the molecule is C=C(C)C(=O)O.C=C(C)C(=O)O.OC1CCC(O)CC1. The van der Waals surface area contributed by atoms with Crippen molar-refractivity contribution in [3.63, 3.8) is 0 Å². The van der Waals surface area contributed by atoms with Gasteiger partial charge in [0, 0.05) is 11.1 Å². The summed E-state index contributed by atoms with van der Waals surface area (Å²) >= 11 is 0. The van der Waals surface area contributed by atoms with Gasteiger partial charge in [0.15, 0.2) is 0 Å². The number of hydrogen-bond acceptors (Lipinski definition) is 4. The van der Waals surface area contributed by atoms with Crippen molar-refractivity contribution in [1.29, 1.82) is 0 Å². The first-order valence-corrected chi connectivity index (χ1v) is 6.21. The maximum atomic E-state index is 9.60. The normalized spacial score (nSPS) is 20.4. The van der Waals surface area contributed by atoms with Gasteiger partial charge in [-0.1, -0.05) is 13.2 Å². The first kappa shape index (κ1) is 20.7. The van der Waals surface area contributed by atoms with Crippen LogP contribution in [0.25, 0.3) is 0 Å². The molecule has 0 heterocycles. The van der Waals surface area contributed by atoms with Gasteiger partial charge in [-0.15, -0.1) is 0 Å². The minimum Gasteiger partial charge on any atom is -0.478 e. The van der Waals surface area contributed by atoms with Crippen LogP contribution in [0.4, 0.5) is 0 Å². The number of hydrogen-bond donors (Lipinski definition) is 4. The molecule has 0 unspecified atom stereocenters. The highest BCUT2D eigenvalue weighted by Crippen LogP contribution is 2.17. The average molecular weight is 288 g/mol. The van der Waals surface area contributed by atoms with E-state index < -0.39 is 11.9 Å². The molecule has 6 nitrogen and oxygen atoms in total. The summed E-state index contributed by atoms with van der Waals surface area (Å²) < 4.78 is 0. The predicted octanol–water partition coefficient (Wildman–Crippen LogP) is 1.58. The molecule has 0 aromatic heterocycles. The number of aliphatic hydroxyl groups is 2. The summed E-state index contributed by atoms with van der Waals surface area (Å²) in [7, 11) is 0. The predicted molar refractivity (Wildman–Crippen MR) is 75.4 cm³/mol. The zero-order valence-electron chi connectivity index (χ0n) is 12.0. The van der Waals surface area contributed by atoms with E-state index in [1.807, 2.05) is 0 Å². The molecule has 6 heteroatoms. The van der Waals surface area contributed by atoms with Crippen molar-refractivity contribution in [2.75, 3.05) is 0 Å². The number of carbonyl (C=O) groups is 2. The molecule has 1 fully saturated rings. The molecular formula is C14H24O6. The summed E-state index contributed by atoms with van der Waals surface area (Å²) in [6, 6.07) is 0. The fourth-order valence-corrected chi connectivity index (χ4v) is 1.06. The Bertz CT molecular complexity index is 282. The van der Waals surface area contributed by atoms with Gasteiger partial charge < -0.3 is 20.4 Å². The summed E-state index contributed by atoms with van der Waals surface area (Å²) in [6.45, 7) is 9.20. The Morgan fingerprint density at radius 1 is 0.800 bits per heavy atom. The van der Waals surface area contributed by atoms with Crippen molar-refractivity contribution in [3.05, 3.63) is 24.3 Å². The molecule has 0 radical (unpaired) electrons. The summed E-state index contributed by atoms with van der Waals surface area (Å²) in [6.07, 6.45) is 2.83. The molecule has 0 amide bonds. The lowest BCUT2D eigenvalue weighted by atomic mass is 9.95. The standard InChI is InChI=1S/C6H12O2.2C4H6O2/c7-5-1-2-6(8)4-3-5;2*1-3(2)4(5)6/h5-8H,1-4H2;2*1H2,2H3,(H,5,6). The third-order valence-electron chi connectivity index (χ3n) is 2.40. The van der Waals surface area contributed by atoms with E-state index in [-0.39, 0.29) is 23.4 Å². The third kappa shape index (κ3) is 14.4. The van der Waals surface area contributed by atoms with Gasteiger partial charge in [0.25, 0.3) is 0 Å². The second-order valence-electron chi connectivity index (χ2n) is 4.63. The topological polar surface area (TPSA) is 115 Å². The molecule has 0 bridgehead atoms. The van der Waals surface area contributed by atoms with Crippen LogP contribution >= 0.6 is 0 Å². The van der Waals surface area contributed by atoms with E-state index in [9.17, 15) is 9.59 Å². The van der Waals surface area contributed by atoms with Gasteiger partial charge >= 0.3 is 11.9 Å². The van der Waals surface area contributed by atoms with Crippen LogP contribution in [-0.2, 0) is 9.59 Å². The molecule has 20 heavy (non-hydrogen) atoms. The largest absolute Gasteiger partial charge is 0.478 e. The van der Waals surface area contributed by atoms with Gasteiger partial charge in [0.05, 0.1) is 12.2 Å². The van der Waals surface area contributed by atoms with Crippen LogP contribution < -0.4 is 0 Å². The fraction of sp³-hybridized carbons (Fsp3) is 0.571. The maximum absolute atomic E-state index is 9.60. The Hall–Kier alpha value is -1.66. The molecule has 0 aromatic rings. The van der Waals surface area contributed by atoms with Crippen LogP contribution in [0.1, 0.15) is 39.5 Å². The number of carboxylic acids is 2. The van der Waals surface area contributed by atoms with Gasteiger partial charge in [-0.25, -0.2) is 9.59 Å². The highest BCUT2D eigenvalue weighted by Gasteiger charge is 2.15. The Morgan fingerprint density at radius 2 is 0.950 bits per heavy atom. The van der Waals surface area contributed by atoms with Crippen LogP contribution in [0.2, 0.25) is 0 Å². The quantitative estimate of drug-likeness (QED) is 0.573. The van der Waals surface area contributed by atoms with Gasteiger partial charge in [0.1, 0.15) is 0 Å². The molecule has 4 N–H and O–H groups in total. The van der Waals surface area contributed by atoms with Crippen LogP contribution in [0.3, 0.4) is 0 Å². The van der Waals surface area contributed by atoms with E-state index in [2.05, 4.69) is 13.2 Å². The molecule has 0 aromatic carbocycles. The Balaban J connectivity index is 0. The van der Waals surface area contributed by atoms with Crippen LogP contribution in [0.15, 0.2) is 24.3 Å². The lowest BCUT2D eigenvalue weighted by Crippen LogP contribution is -2.21. The average Bonchev–Trinajstić information content (AvgIpc) is 2.34. The second kappa shape index (κ2) is 11.2. The summed E-state index contributed by atoms with van der Waals surface area (Å²) in [4.78, 5) is 19.2. The van der Waals surface area contributed by atoms with Gasteiger partial charge in [0.2, 0.25) is 0 Å². The minimum absolute atomic E-state index is 0.140. The summed E-state index contributed by atoms with van der Waals surface area (Å²) in [5.41, 5.74) is 0.352. The zero-order chi connectivity index (χ0) is 16.3. The van der Waals surface area contributed by atoms with E-state index >= 15 is 0 Å². The summed E-state index contributed by atoms with van der Waals surface area (Å²) in [5, 5.41) is 33.6. The Labute approximate surface area is 119 Å². The van der Waals surface area contributed by atoms with Gasteiger partial charge in [-0.05, 0) is 39.5 Å². The van der Waals surface area contributed by atoms with Crippen molar-refractivity contribution in [1.82, 2.24) is 0 Å². The number of rotatable bonds is 2. The Kier molecular flexibility index (Phi) is 11.6. The second-order valence-corrected chi connectivity index (χ2v) is 4.63. The highest BCUT2D eigenvalue weighted by molar-refractivity contribution is 5.85. The fourth-order valence-electron chi connectivity index (χ4n) is 1.06. The number of aliphatic hydroxyl groups excluding tert-OH is 2. The molecule has 116 valence electrons. The van der Waals surface area contributed by atoms with Crippen molar-refractivity contribution >= 4 is 11.9 Å². The number of carboxylic acid groups (broad SMARTS) is 2. The molecule has 0 spiro atoms. The summed E-state index contributed by atoms with van der Waals surface area (Å²) in [5.74, 6) is -1.87. The molecule has 1 saturated carbocycles. The van der Waals surface area contributed by atoms with Crippen molar-refractivity contribution in [3.8, 4) is 0 Å². The van der Waals surface area contributed by atoms with Gasteiger partial charge in [-0.3, -0.25) is 0 Å². The van der Waals surface area contributed by atoms with E-state index in [1.165, 1.54) is 13.8 Å². The third-order valence-corrected chi connectivity index (χ3v) is 2.40. The van der Waals surface area contributed by atoms with Gasteiger partial charge in [-0.2, -0.15) is 0 Å². The molecule has 0 saturated heterocycles. The maximum Gasteiger partial charge on any atom is 0.330 e. The molecular weight excluding hydrogens is 264 g/mol. The molecule has 1 aliphatic rings. The molecule has 1 rings (SSSR count). The highest BCUT2D eigenvalue weighted by atomic mass is 16.4. The van der Waals surface area contributed by atoms with Crippen LogP contribution in [-0.4, -0.2) is 44.6 Å². The lowest BCUT2D eigenvalue weighted by molar-refractivity contribution is -0.133. The van der Waals surface area contributed by atoms with E-state index in [0.29, 0.717) is 0 Å². The lowest BCUT2D eigenvalue weighted by Gasteiger charge is -2.20. The Morgan fingerprint density at radius 3 is 1.05 bits per heavy atom. The first-order chi connectivity index (χ1) is 9.07. The monoisotopic (exact) mass is 288 g/mol. The van der Waals surface area contributed by atoms with Crippen molar-refractivity contribution in [2.45, 2.75) is 51.7 Å². The van der Waals surface area contributed by atoms with Crippen molar-refractivity contribution in [2.24, 2.45) is 0 Å². The zero-order valence-corrected chi connectivity index (χ0v) is 12.0. The van der Waals surface area contributed by atoms with E-state index in [1.54, 1.807) is 0 Å². The smallest absolute Gasteiger partial charge is 0.330 e. The minimum atomic E-state index is -0.935. The van der Waals surface area contributed by atoms with Crippen LogP contribution in [0, 0.1) is 0 Å². The number of aliphatic carboxylic acids is 2. The molecule has 1 aliphatic carbocycles. The van der Waals surface area contributed by atoms with Crippen molar-refractivity contribution < 1.29 is 30.0 Å². The molecule has 0 atom stereocenters. The first-order valence-electron chi connectivity index (χ1n) is 6.21. The van der Waals surface area contributed by atoms with E-state index in [4.69, 9.17) is 20.4 Å². The van der Waals surface area contributed by atoms with E-state index in [0.717, 1.165) is 25.7 Å². The van der Waals surface area contributed by atoms with Crippen LogP contribution in [0.5, 0.6) is 0 Å². The molecule has 0 aliphatic heterocycles.